The van der Waals surface area contributed by atoms with Crippen molar-refractivity contribution in [1.29, 1.82) is 5.26 Å². The molecular weight excluding hydrogens is 596 g/mol. The van der Waals surface area contributed by atoms with Crippen LogP contribution in [0.5, 0.6) is 0 Å². The summed E-state index contributed by atoms with van der Waals surface area (Å²) in [5.74, 6) is 0.777. The van der Waals surface area contributed by atoms with Crippen LogP contribution in [-0.4, -0.2) is 63.1 Å². The van der Waals surface area contributed by atoms with Crippen molar-refractivity contribution in [1.82, 2.24) is 9.88 Å². The van der Waals surface area contributed by atoms with Gasteiger partial charge in [0.15, 0.2) is 0 Å². The topological polar surface area (TPSA) is 104 Å². The predicted molar refractivity (Wildman–Crippen MR) is 175 cm³/mol. The third-order valence-electron chi connectivity index (χ3n) is 10.8. The summed E-state index contributed by atoms with van der Waals surface area (Å²) in [6, 6.07) is 23.4. The van der Waals surface area contributed by atoms with Gasteiger partial charge in [-0.1, -0.05) is 30.3 Å². The first kappa shape index (κ1) is 30.9. The molecule has 1 aromatic heterocycles. The quantitative estimate of drug-likeness (QED) is 0.263. The van der Waals surface area contributed by atoms with E-state index in [1.165, 1.54) is 24.5 Å². The fourth-order valence-corrected chi connectivity index (χ4v) is 9.43. The molecule has 1 unspecified atom stereocenters. The van der Waals surface area contributed by atoms with E-state index in [1.54, 1.807) is 12.1 Å². The minimum atomic E-state index is -3.56. The number of nitriles is 1. The zero-order valence-corrected chi connectivity index (χ0v) is 27.0. The SMILES string of the molecule is N#CC(c1ccccc1)(C1CCN(CC2CN(c3ccc(S(=O)(=O)c4ccncc4)cc3)C2)CC1)[C@@H]1CCC[C@H]1OC(=O)C1CC1. The van der Waals surface area contributed by atoms with Gasteiger partial charge >= 0.3 is 5.97 Å². The summed E-state index contributed by atoms with van der Waals surface area (Å²) in [6.07, 6.45) is 9.32. The van der Waals surface area contributed by atoms with E-state index in [0.717, 1.165) is 88.9 Å². The van der Waals surface area contributed by atoms with Crippen molar-refractivity contribution in [2.75, 3.05) is 37.6 Å². The van der Waals surface area contributed by atoms with Gasteiger partial charge in [0, 0.05) is 49.6 Å². The highest BCUT2D eigenvalue weighted by Crippen LogP contribution is 2.51. The maximum absolute atomic E-state index is 12.9. The summed E-state index contributed by atoms with van der Waals surface area (Å²) in [5.41, 5.74) is 1.45. The van der Waals surface area contributed by atoms with Gasteiger partial charge in [-0.15, -0.1) is 0 Å². The first-order valence-electron chi connectivity index (χ1n) is 16.8. The molecule has 4 fully saturated rings. The second-order valence-corrected chi connectivity index (χ2v) is 15.6. The van der Waals surface area contributed by atoms with Gasteiger partial charge in [-0.05, 0) is 106 Å². The maximum Gasteiger partial charge on any atom is 0.309 e. The third kappa shape index (κ3) is 5.93. The molecular formula is C37H42N4O4S. The monoisotopic (exact) mass is 638 g/mol. The molecule has 0 radical (unpaired) electrons. The lowest BCUT2D eigenvalue weighted by Gasteiger charge is -2.48. The van der Waals surface area contributed by atoms with E-state index in [4.69, 9.17) is 4.74 Å². The molecule has 2 saturated heterocycles. The van der Waals surface area contributed by atoms with Gasteiger partial charge in [-0.25, -0.2) is 8.42 Å². The largest absolute Gasteiger partial charge is 0.462 e. The van der Waals surface area contributed by atoms with E-state index < -0.39 is 15.3 Å². The number of carbonyl (C=O) groups excluding carboxylic acids is 1. The minimum absolute atomic E-state index is 0.0189. The Labute approximate surface area is 272 Å². The number of sulfone groups is 1. The molecule has 3 heterocycles. The molecule has 46 heavy (non-hydrogen) atoms. The minimum Gasteiger partial charge on any atom is -0.462 e. The van der Waals surface area contributed by atoms with Crippen LogP contribution in [0.3, 0.4) is 0 Å². The van der Waals surface area contributed by atoms with E-state index in [1.807, 2.05) is 30.3 Å². The lowest BCUT2D eigenvalue weighted by atomic mass is 9.59. The van der Waals surface area contributed by atoms with Gasteiger partial charge in [0.25, 0.3) is 0 Å². The number of pyridine rings is 1. The summed E-state index contributed by atoms with van der Waals surface area (Å²) in [4.78, 5) is 22.0. The van der Waals surface area contributed by atoms with Gasteiger partial charge in [0.1, 0.15) is 6.10 Å². The van der Waals surface area contributed by atoms with Crippen LogP contribution in [0.1, 0.15) is 50.5 Å². The van der Waals surface area contributed by atoms with Crippen molar-refractivity contribution in [3.8, 4) is 6.07 Å². The fourth-order valence-electron chi connectivity index (χ4n) is 8.18. The molecule has 0 spiro atoms. The zero-order valence-electron chi connectivity index (χ0n) is 26.2. The smallest absolute Gasteiger partial charge is 0.309 e. The van der Waals surface area contributed by atoms with Crippen molar-refractivity contribution in [3.63, 3.8) is 0 Å². The molecule has 4 aliphatic rings. The Bertz CT molecular complexity index is 1660. The molecule has 9 heteroatoms. The summed E-state index contributed by atoms with van der Waals surface area (Å²) in [6.45, 7) is 4.82. The summed E-state index contributed by atoms with van der Waals surface area (Å²) >= 11 is 0. The Balaban J connectivity index is 0.968. The second-order valence-electron chi connectivity index (χ2n) is 13.7. The Morgan fingerprint density at radius 2 is 1.57 bits per heavy atom. The van der Waals surface area contributed by atoms with Gasteiger partial charge in [0.05, 0.1) is 27.2 Å². The fraction of sp³-hybridized carbons (Fsp3) is 0.486. The number of likely N-dealkylation sites (tertiary alicyclic amines) is 1. The van der Waals surface area contributed by atoms with Crippen molar-refractivity contribution >= 4 is 21.5 Å². The molecule has 8 nitrogen and oxygen atoms in total. The highest BCUT2D eigenvalue weighted by Gasteiger charge is 2.53. The Morgan fingerprint density at radius 1 is 0.891 bits per heavy atom. The van der Waals surface area contributed by atoms with Crippen LogP contribution < -0.4 is 4.90 Å². The summed E-state index contributed by atoms with van der Waals surface area (Å²) in [7, 11) is -3.56. The summed E-state index contributed by atoms with van der Waals surface area (Å²) < 4.78 is 32.0. The van der Waals surface area contributed by atoms with Gasteiger partial charge < -0.3 is 14.5 Å². The number of esters is 1. The number of piperidine rings is 1. The van der Waals surface area contributed by atoms with Crippen molar-refractivity contribution in [3.05, 3.63) is 84.7 Å². The van der Waals surface area contributed by atoms with Crippen molar-refractivity contribution in [2.24, 2.45) is 23.7 Å². The lowest BCUT2D eigenvalue weighted by Crippen LogP contribution is -2.54. The number of ether oxygens (including phenoxy) is 1. The number of hydrogen-bond acceptors (Lipinski definition) is 8. The average Bonchev–Trinajstić information content (AvgIpc) is 3.84. The molecule has 7 rings (SSSR count). The van der Waals surface area contributed by atoms with E-state index >= 15 is 0 Å². The average molecular weight is 639 g/mol. The molecule has 0 bridgehead atoms. The number of hydrogen-bond donors (Lipinski definition) is 0. The molecule has 2 aromatic carbocycles. The number of rotatable bonds is 10. The zero-order chi connectivity index (χ0) is 31.7. The predicted octanol–water partition coefficient (Wildman–Crippen LogP) is 5.65. The van der Waals surface area contributed by atoms with Crippen LogP contribution in [0.25, 0.3) is 0 Å². The molecule has 2 aliphatic carbocycles. The van der Waals surface area contributed by atoms with Crippen molar-refractivity contribution < 1.29 is 17.9 Å². The number of carbonyl (C=O) groups is 1. The number of benzene rings is 2. The summed E-state index contributed by atoms with van der Waals surface area (Å²) in [5, 5.41) is 11.0. The highest BCUT2D eigenvalue weighted by atomic mass is 32.2. The molecule has 240 valence electrons. The van der Waals surface area contributed by atoms with Gasteiger partial charge in [0.2, 0.25) is 9.84 Å². The number of anilines is 1. The Kier molecular flexibility index (Phi) is 8.60. The second kappa shape index (κ2) is 12.8. The molecule has 3 atom stereocenters. The third-order valence-corrected chi connectivity index (χ3v) is 12.6. The maximum atomic E-state index is 12.9. The van der Waals surface area contributed by atoms with Crippen LogP contribution in [0, 0.1) is 35.0 Å². The Hall–Kier alpha value is -3.74. The standard InChI is InChI=1S/C37H42N4O4S/c38-26-37(29-5-2-1-3-6-29,34-7-4-8-35(34)45-36(42)28-9-10-28)30-17-21-40(22-18-30)23-27-24-41(25-27)31-11-13-32(14-12-31)46(43,44)33-15-19-39-20-16-33/h1-3,5-6,11-16,19-20,27-28,30,34-35H,4,7-10,17-18,21-25H2/t34-,35-,37?/m1/s1. The van der Waals surface area contributed by atoms with Gasteiger partial charge in [-0.2, -0.15) is 5.26 Å². The van der Waals surface area contributed by atoms with Crippen LogP contribution in [0.15, 0.2) is 88.9 Å². The lowest BCUT2D eigenvalue weighted by molar-refractivity contribution is -0.153. The van der Waals surface area contributed by atoms with Crippen LogP contribution >= 0.6 is 0 Å². The molecule has 0 N–H and O–H groups in total. The Morgan fingerprint density at radius 3 is 2.22 bits per heavy atom. The van der Waals surface area contributed by atoms with Crippen molar-refractivity contribution in [2.45, 2.75) is 66.3 Å². The first-order valence-corrected chi connectivity index (χ1v) is 18.3. The van der Waals surface area contributed by atoms with Crippen LogP contribution in [0.2, 0.25) is 0 Å². The van der Waals surface area contributed by atoms with E-state index in [0.29, 0.717) is 5.92 Å². The van der Waals surface area contributed by atoms with Crippen LogP contribution in [0.4, 0.5) is 5.69 Å². The van der Waals surface area contributed by atoms with Crippen LogP contribution in [-0.2, 0) is 24.8 Å². The molecule has 3 aromatic rings. The number of nitrogens with zero attached hydrogens (tertiary/aromatic N) is 4. The van der Waals surface area contributed by atoms with E-state index in [-0.39, 0.29) is 39.6 Å². The normalized spacial score (nSPS) is 24.1. The number of aromatic nitrogens is 1. The van der Waals surface area contributed by atoms with Gasteiger partial charge in [-0.3, -0.25) is 9.78 Å². The molecule has 2 aliphatic heterocycles. The highest BCUT2D eigenvalue weighted by molar-refractivity contribution is 7.91. The van der Waals surface area contributed by atoms with E-state index in [9.17, 15) is 18.5 Å². The van der Waals surface area contributed by atoms with E-state index in [2.05, 4.69) is 33.0 Å². The first-order chi connectivity index (χ1) is 22.4. The molecule has 2 saturated carbocycles. The molecule has 0 amide bonds.